The molecule has 0 N–H and O–H groups in total. The first-order chi connectivity index (χ1) is 12.2. The first kappa shape index (κ1) is 28.8. The fraction of sp³-hybridized carbons (Fsp3) is 1.00. The normalized spacial score (nSPS) is 16.3. The zero-order chi connectivity index (χ0) is 24.1. The van der Waals surface area contributed by atoms with Crippen molar-refractivity contribution in [3.05, 3.63) is 0 Å². The highest BCUT2D eigenvalue weighted by Crippen LogP contribution is 2.70. The molecule has 29 heavy (non-hydrogen) atoms. The van der Waals surface area contributed by atoms with E-state index in [9.17, 15) is 79.0 Å². The van der Waals surface area contributed by atoms with Gasteiger partial charge in [-0.2, -0.15) is 79.0 Å². The first-order valence-corrected chi connectivity index (χ1v) is 9.13. The molecule has 0 aliphatic carbocycles. The van der Waals surface area contributed by atoms with Gasteiger partial charge in [0.05, 0.1) is 0 Å². The molecular formula is C8F18S3. The average Bonchev–Trinajstić information content (AvgIpc) is 2.27. The third-order valence-corrected chi connectivity index (χ3v) is 7.87. The van der Waals surface area contributed by atoms with Crippen LogP contribution in [0.15, 0.2) is 0 Å². The van der Waals surface area contributed by atoms with E-state index in [1.807, 2.05) is 0 Å². The van der Waals surface area contributed by atoms with Crippen molar-refractivity contribution in [1.82, 2.24) is 0 Å². The molecule has 0 atom stereocenters. The summed E-state index contributed by atoms with van der Waals surface area (Å²) in [7, 11) is -7.72. The molecule has 21 heteroatoms. The third-order valence-electron chi connectivity index (χ3n) is 2.71. The lowest BCUT2D eigenvalue weighted by Crippen LogP contribution is -2.64. The van der Waals surface area contributed by atoms with E-state index in [4.69, 9.17) is 0 Å². The van der Waals surface area contributed by atoms with Gasteiger partial charge in [-0.25, -0.2) is 0 Å². The van der Waals surface area contributed by atoms with E-state index in [0.29, 0.717) is 0 Å². The maximum Gasteiger partial charge on any atom is 0.422 e. The van der Waals surface area contributed by atoms with Crippen molar-refractivity contribution in [2.45, 2.75) is 46.6 Å². The fourth-order valence-electron chi connectivity index (χ4n) is 1.37. The number of hydrogen-bond acceptors (Lipinski definition) is 3. The summed E-state index contributed by atoms with van der Waals surface area (Å²) in [5, 5.41) is 0. The van der Waals surface area contributed by atoms with Gasteiger partial charge < -0.3 is 0 Å². The molecule has 0 rings (SSSR count). The predicted octanol–water partition coefficient (Wildman–Crippen LogP) is 7.87. The van der Waals surface area contributed by atoms with Gasteiger partial charge in [0.25, 0.3) is 0 Å². The van der Waals surface area contributed by atoms with E-state index >= 15 is 0 Å². The molecule has 176 valence electrons. The number of halogens is 18. The molecule has 0 spiro atoms. The van der Waals surface area contributed by atoms with E-state index < -0.39 is 78.0 Å². The second kappa shape index (κ2) is 7.73. The molecule has 0 aromatic rings. The van der Waals surface area contributed by atoms with Crippen LogP contribution in [0.2, 0.25) is 0 Å². The summed E-state index contributed by atoms with van der Waals surface area (Å²) < 4.78 is 212. The quantitative estimate of drug-likeness (QED) is 0.266. The van der Waals surface area contributed by atoms with Crippen molar-refractivity contribution < 1.29 is 79.0 Å². The van der Waals surface area contributed by atoms with Crippen molar-refractivity contribution in [2.75, 3.05) is 0 Å². The largest absolute Gasteiger partial charge is 0.422 e. The Morgan fingerprint density at radius 1 is 0.276 bits per heavy atom. The van der Waals surface area contributed by atoms with Crippen LogP contribution in [-0.4, -0.2) is 46.6 Å². The van der Waals surface area contributed by atoms with E-state index in [1.54, 1.807) is 0 Å². The summed E-state index contributed by atoms with van der Waals surface area (Å²) in [5.74, 6) is 0. The monoisotopic (exact) mass is 534 g/mol. The molecule has 0 aliphatic heterocycles. The first-order valence-electron chi connectivity index (χ1n) is 5.64. The number of hydrogen-bond donors (Lipinski definition) is 0. The molecule has 0 aromatic heterocycles. The van der Waals surface area contributed by atoms with Crippen LogP contribution in [0.25, 0.3) is 0 Å². The second-order valence-electron chi connectivity index (χ2n) is 4.58. The Hall–Kier alpha value is -0.210. The molecule has 0 aliphatic rings. The molecule has 0 heterocycles. The molecular weight excluding hydrogens is 534 g/mol. The van der Waals surface area contributed by atoms with Gasteiger partial charge in [0.15, 0.2) is 0 Å². The molecule has 0 nitrogen and oxygen atoms in total. The molecule has 0 aromatic carbocycles. The van der Waals surface area contributed by atoms with Gasteiger partial charge in [0, 0.05) is 0 Å². The minimum absolute atomic E-state index is 2.26. The lowest BCUT2D eigenvalue weighted by atomic mass is 10.1. The van der Waals surface area contributed by atoms with Crippen LogP contribution in [0.3, 0.4) is 0 Å². The highest BCUT2D eigenvalue weighted by molar-refractivity contribution is 9.09. The van der Waals surface area contributed by atoms with Crippen LogP contribution in [0.4, 0.5) is 79.0 Å². The van der Waals surface area contributed by atoms with Gasteiger partial charge in [-0.1, -0.05) is 0 Å². The summed E-state index contributed by atoms with van der Waals surface area (Å²) in [4.78, 5) is 0. The molecule has 0 saturated carbocycles. The van der Waals surface area contributed by atoms with E-state index in [1.165, 1.54) is 0 Å². The van der Waals surface area contributed by atoms with E-state index in [-0.39, 0.29) is 0 Å². The van der Waals surface area contributed by atoms with Crippen molar-refractivity contribution >= 4 is 31.4 Å². The van der Waals surface area contributed by atoms with Crippen LogP contribution in [0.5, 0.6) is 0 Å². The van der Waals surface area contributed by atoms with Gasteiger partial charge in [0.1, 0.15) is 0 Å². The maximum absolute atomic E-state index is 12.5. The number of alkyl halides is 18. The Balaban J connectivity index is 6.44. The fourth-order valence-corrected chi connectivity index (χ4v) is 6.73. The van der Waals surface area contributed by atoms with Gasteiger partial charge >= 0.3 is 46.6 Å². The Bertz CT molecular complexity index is 433. The Kier molecular flexibility index (Phi) is 7.68. The minimum atomic E-state index is -7.42. The molecule has 0 saturated heterocycles. The summed E-state index contributed by atoms with van der Waals surface area (Å²) in [6.07, 6.45) is -44.5. The minimum Gasteiger partial charge on any atom is -0.169 e. The van der Waals surface area contributed by atoms with Crippen molar-refractivity contribution in [3.8, 4) is 0 Å². The van der Waals surface area contributed by atoms with Gasteiger partial charge in [-0.05, 0) is 31.4 Å². The predicted molar refractivity (Wildman–Crippen MR) is 64.6 cm³/mol. The topological polar surface area (TPSA) is 0 Å². The third kappa shape index (κ3) is 4.84. The van der Waals surface area contributed by atoms with Crippen molar-refractivity contribution in [1.29, 1.82) is 0 Å². The molecule has 0 fully saturated rings. The second-order valence-corrected chi connectivity index (χ2v) is 8.91. The Morgan fingerprint density at radius 3 is 0.517 bits per heavy atom. The lowest BCUT2D eigenvalue weighted by molar-refractivity contribution is -0.346. The van der Waals surface area contributed by atoms with Gasteiger partial charge in [-0.15, -0.1) is 0 Å². The highest BCUT2D eigenvalue weighted by atomic mass is 33.5. The average molecular weight is 534 g/mol. The van der Waals surface area contributed by atoms with Gasteiger partial charge in [-0.3, -0.25) is 0 Å². The van der Waals surface area contributed by atoms with Crippen LogP contribution < -0.4 is 0 Å². The van der Waals surface area contributed by atoms with Crippen molar-refractivity contribution in [3.63, 3.8) is 0 Å². The SMILES string of the molecule is FC(F)(F)C(SSSC(C(F)(F)F)(C(F)(F)F)C(F)(F)F)(C(F)(F)F)C(F)(F)F. The van der Waals surface area contributed by atoms with E-state index in [2.05, 4.69) is 0 Å². The Morgan fingerprint density at radius 2 is 0.414 bits per heavy atom. The summed E-state index contributed by atoms with van der Waals surface area (Å²) in [6.45, 7) is 0. The summed E-state index contributed by atoms with van der Waals surface area (Å²) >= 11 is 0. The van der Waals surface area contributed by atoms with Crippen LogP contribution in [-0.2, 0) is 0 Å². The number of rotatable bonds is 4. The van der Waals surface area contributed by atoms with Crippen LogP contribution in [0, 0.1) is 0 Å². The van der Waals surface area contributed by atoms with E-state index in [0.717, 1.165) is 0 Å². The standard InChI is InChI=1S/C8F18S3/c9-3(10,11)1(4(12,13)14,5(15,16)17)27-29-28-2(6(18,19)20,7(21,22)23)8(24,25)26. The smallest absolute Gasteiger partial charge is 0.169 e. The maximum atomic E-state index is 12.5. The molecule has 0 bridgehead atoms. The Labute approximate surface area is 157 Å². The summed E-state index contributed by atoms with van der Waals surface area (Å²) in [6, 6.07) is 0. The van der Waals surface area contributed by atoms with Gasteiger partial charge in [0.2, 0.25) is 0 Å². The van der Waals surface area contributed by atoms with Crippen LogP contribution >= 0.6 is 31.4 Å². The summed E-state index contributed by atoms with van der Waals surface area (Å²) in [5.41, 5.74) is 0. The molecule has 0 unspecified atom stereocenters. The van der Waals surface area contributed by atoms with Crippen LogP contribution in [0.1, 0.15) is 0 Å². The zero-order valence-corrected chi connectivity index (χ0v) is 14.5. The lowest BCUT2D eigenvalue weighted by Gasteiger charge is -2.39. The molecule has 0 radical (unpaired) electrons. The zero-order valence-electron chi connectivity index (χ0n) is 12.0. The van der Waals surface area contributed by atoms with Crippen molar-refractivity contribution in [2.24, 2.45) is 0 Å². The highest BCUT2D eigenvalue weighted by Gasteiger charge is 2.87. The molecule has 0 amide bonds.